The predicted octanol–water partition coefficient (Wildman–Crippen LogP) is 4.37. The summed E-state index contributed by atoms with van der Waals surface area (Å²) in [6.45, 7) is 5.31. The molecule has 2 aliphatic rings. The average molecular weight is 397 g/mol. The quantitative estimate of drug-likeness (QED) is 0.690. The van der Waals surface area contributed by atoms with E-state index in [0.717, 1.165) is 0 Å². The summed E-state index contributed by atoms with van der Waals surface area (Å²) in [5.74, 6) is -0.0611. The molecule has 1 aliphatic heterocycles. The molecule has 0 saturated heterocycles. The molecule has 0 spiro atoms. The number of nitrogens with zero attached hydrogens (tertiary/aromatic N) is 1. The minimum Gasteiger partial charge on any atom is -0.444 e. The number of ether oxygens (including phenoxy) is 1. The fourth-order valence-corrected chi connectivity index (χ4v) is 4.85. The maximum Gasteiger partial charge on any atom is 0.413 e. The zero-order chi connectivity index (χ0) is 19.8. The molecule has 8 heteroatoms. The van der Waals surface area contributed by atoms with E-state index < -0.39 is 29.2 Å². The largest absolute Gasteiger partial charge is 0.444 e. The highest BCUT2D eigenvalue weighted by atomic mass is 32.2. The second-order valence-electron chi connectivity index (χ2n) is 8.09. The lowest BCUT2D eigenvalue weighted by atomic mass is 9.69. The monoisotopic (exact) mass is 397 g/mol. The van der Waals surface area contributed by atoms with Crippen LogP contribution in [0.2, 0.25) is 0 Å². The Labute approximate surface area is 162 Å². The lowest BCUT2D eigenvalue weighted by Gasteiger charge is -2.45. The molecular weight excluding hydrogens is 372 g/mol. The van der Waals surface area contributed by atoms with Crippen LogP contribution >= 0.6 is 11.8 Å². The topological polar surface area (TPSA) is 76.7 Å². The number of alkyl carbamates (subject to hydrolysis) is 1. The molecule has 1 saturated carbocycles. The van der Waals surface area contributed by atoms with E-state index in [1.807, 2.05) is 0 Å². The summed E-state index contributed by atoms with van der Waals surface area (Å²) in [4.78, 5) is 16.8. The minimum absolute atomic E-state index is 0.174. The van der Waals surface area contributed by atoms with E-state index in [1.54, 1.807) is 26.8 Å². The van der Waals surface area contributed by atoms with Gasteiger partial charge in [-0.05, 0) is 58.2 Å². The van der Waals surface area contributed by atoms with E-state index in [0.29, 0.717) is 41.4 Å². The number of anilines is 1. The normalized spacial score (nSPS) is 28.1. The molecule has 5 nitrogen and oxygen atoms in total. The summed E-state index contributed by atoms with van der Waals surface area (Å²) in [7, 11) is 0. The number of fused-ring (bicyclic) bond motifs is 1. The van der Waals surface area contributed by atoms with Crippen LogP contribution in [0.15, 0.2) is 23.2 Å². The molecule has 148 valence electrons. The van der Waals surface area contributed by atoms with Crippen molar-refractivity contribution < 1.29 is 18.3 Å². The molecule has 3 rings (SSSR count). The van der Waals surface area contributed by atoms with Gasteiger partial charge in [0, 0.05) is 22.9 Å². The van der Waals surface area contributed by atoms with E-state index in [1.165, 1.54) is 23.9 Å². The van der Waals surface area contributed by atoms with Crippen LogP contribution in [0, 0.1) is 11.7 Å². The lowest BCUT2D eigenvalue weighted by molar-refractivity contribution is 0.0562. The third-order valence-electron chi connectivity index (χ3n) is 4.84. The van der Waals surface area contributed by atoms with Crippen molar-refractivity contribution >= 4 is 28.7 Å². The van der Waals surface area contributed by atoms with Gasteiger partial charge in [0.05, 0.1) is 5.54 Å². The van der Waals surface area contributed by atoms with Crippen molar-refractivity contribution in [3.8, 4) is 0 Å². The van der Waals surface area contributed by atoms with E-state index in [-0.39, 0.29) is 5.92 Å². The van der Waals surface area contributed by atoms with Gasteiger partial charge < -0.3 is 10.5 Å². The summed E-state index contributed by atoms with van der Waals surface area (Å²) in [5.41, 5.74) is 5.10. The number of benzene rings is 1. The molecule has 1 aliphatic carbocycles. The first-order valence-corrected chi connectivity index (χ1v) is 10.00. The van der Waals surface area contributed by atoms with Crippen LogP contribution in [-0.4, -0.2) is 28.8 Å². The van der Waals surface area contributed by atoms with Gasteiger partial charge in [0.15, 0.2) is 5.17 Å². The van der Waals surface area contributed by atoms with Crippen LogP contribution < -0.4 is 11.1 Å². The van der Waals surface area contributed by atoms with Gasteiger partial charge in [0.2, 0.25) is 0 Å². The number of halogens is 2. The Hall–Kier alpha value is -1.83. The number of rotatable bonds is 1. The molecule has 27 heavy (non-hydrogen) atoms. The number of thioether (sulfide) groups is 1. The van der Waals surface area contributed by atoms with Crippen LogP contribution in [0.25, 0.3) is 0 Å². The van der Waals surface area contributed by atoms with Gasteiger partial charge in [-0.25, -0.2) is 13.6 Å². The Morgan fingerprint density at radius 1 is 1.44 bits per heavy atom. The van der Waals surface area contributed by atoms with Crippen molar-refractivity contribution in [3.05, 3.63) is 29.6 Å². The Morgan fingerprint density at radius 3 is 2.89 bits per heavy atom. The highest BCUT2D eigenvalue weighted by molar-refractivity contribution is 8.13. The molecular formula is C19H25F2N3O2S. The zero-order valence-electron chi connectivity index (χ0n) is 15.7. The molecule has 1 fully saturated rings. The number of nitrogen functional groups attached to an aromatic ring is 1. The first-order valence-electron chi connectivity index (χ1n) is 9.01. The van der Waals surface area contributed by atoms with Crippen LogP contribution in [0.1, 0.15) is 45.6 Å². The summed E-state index contributed by atoms with van der Waals surface area (Å²) < 4.78 is 34.0. The fourth-order valence-electron chi connectivity index (χ4n) is 3.69. The van der Waals surface area contributed by atoms with Crippen LogP contribution in [0.3, 0.4) is 0 Å². The number of carbonyl (C=O) groups excluding carboxylic acids is 1. The van der Waals surface area contributed by atoms with Crippen molar-refractivity contribution in [2.45, 2.75) is 57.3 Å². The standard InChI is InChI=1S/C19H25F2N3O2S/c1-18(2,3)26-17(25)23-16-24-19(14-9-13(22)4-5-15(14)21)7-6-12(20)8-11(19)10-27-16/h4-5,9,11-12H,6-8,10,22H2,1-3H3,(H,23,24,25)/t11?,12-,19+/m1/s1. The van der Waals surface area contributed by atoms with Crippen molar-refractivity contribution in [2.75, 3.05) is 11.5 Å². The summed E-state index contributed by atoms with van der Waals surface area (Å²) >= 11 is 1.33. The highest BCUT2D eigenvalue weighted by Crippen LogP contribution is 2.50. The van der Waals surface area contributed by atoms with Gasteiger partial charge in [-0.15, -0.1) is 0 Å². The molecule has 1 unspecified atom stereocenters. The number of nitrogens with two attached hydrogens (primary N) is 1. The second-order valence-corrected chi connectivity index (χ2v) is 9.10. The van der Waals surface area contributed by atoms with Crippen molar-refractivity contribution in [2.24, 2.45) is 10.9 Å². The number of nitrogens with one attached hydrogen (secondary N) is 1. The number of aliphatic imine (C=N–C) groups is 1. The zero-order valence-corrected chi connectivity index (χ0v) is 16.5. The van der Waals surface area contributed by atoms with Crippen molar-refractivity contribution in [1.82, 2.24) is 5.32 Å². The van der Waals surface area contributed by atoms with E-state index >= 15 is 0 Å². The molecule has 0 radical (unpaired) electrons. The Bertz CT molecular complexity index is 766. The summed E-state index contributed by atoms with van der Waals surface area (Å²) in [6.07, 6.45) is -0.583. The Kier molecular flexibility index (Phi) is 5.38. The van der Waals surface area contributed by atoms with E-state index in [4.69, 9.17) is 15.5 Å². The lowest BCUT2D eigenvalue weighted by Crippen LogP contribution is -2.47. The average Bonchev–Trinajstić information content (AvgIpc) is 2.55. The third-order valence-corrected chi connectivity index (χ3v) is 5.88. The van der Waals surface area contributed by atoms with Gasteiger partial charge in [-0.2, -0.15) is 0 Å². The number of carbonyl (C=O) groups is 1. The molecule has 1 aromatic rings. The highest BCUT2D eigenvalue weighted by Gasteiger charge is 2.49. The van der Waals surface area contributed by atoms with Crippen LogP contribution in [0.4, 0.5) is 19.3 Å². The minimum atomic E-state index is -0.933. The summed E-state index contributed by atoms with van der Waals surface area (Å²) in [6, 6.07) is 4.38. The van der Waals surface area contributed by atoms with Crippen molar-refractivity contribution in [1.29, 1.82) is 0 Å². The van der Waals surface area contributed by atoms with E-state index in [9.17, 15) is 13.6 Å². The first kappa shape index (κ1) is 19.9. The van der Waals surface area contributed by atoms with Gasteiger partial charge >= 0.3 is 6.09 Å². The smallest absolute Gasteiger partial charge is 0.413 e. The predicted molar refractivity (Wildman–Crippen MR) is 104 cm³/mol. The molecule has 0 aromatic heterocycles. The maximum atomic E-state index is 14.7. The SMILES string of the molecule is CC(C)(C)OC(=O)NC1=N[C@@]2(c3cc(N)ccc3F)CC[C@@H](F)CC2CS1. The molecule has 1 aromatic carbocycles. The van der Waals surface area contributed by atoms with Gasteiger partial charge in [0.25, 0.3) is 0 Å². The maximum absolute atomic E-state index is 14.7. The van der Waals surface area contributed by atoms with E-state index in [2.05, 4.69) is 5.32 Å². The number of alkyl halides is 1. The number of amides is 1. The summed E-state index contributed by atoms with van der Waals surface area (Å²) in [5, 5.41) is 3.01. The third kappa shape index (κ3) is 4.36. The van der Waals surface area contributed by atoms with Crippen molar-refractivity contribution in [3.63, 3.8) is 0 Å². The van der Waals surface area contributed by atoms with Crippen LogP contribution in [0.5, 0.6) is 0 Å². The number of hydrogen-bond acceptors (Lipinski definition) is 5. The van der Waals surface area contributed by atoms with Gasteiger partial charge in [0.1, 0.15) is 17.6 Å². The van der Waals surface area contributed by atoms with Crippen LogP contribution in [-0.2, 0) is 10.3 Å². The molecule has 1 amide bonds. The Balaban J connectivity index is 1.97. The molecule has 0 bridgehead atoms. The van der Waals surface area contributed by atoms with Gasteiger partial charge in [-0.3, -0.25) is 10.3 Å². The second kappa shape index (κ2) is 7.30. The first-order chi connectivity index (χ1) is 12.6. The van der Waals surface area contributed by atoms with Gasteiger partial charge in [-0.1, -0.05) is 11.8 Å². The fraction of sp³-hybridized carbons (Fsp3) is 0.579. The Morgan fingerprint density at radius 2 is 2.19 bits per heavy atom. The number of amidine groups is 1. The number of hydrogen-bond donors (Lipinski definition) is 2. The molecule has 3 N–H and O–H groups in total. The molecule has 3 atom stereocenters. The molecule has 1 heterocycles.